The van der Waals surface area contributed by atoms with Gasteiger partial charge in [0.2, 0.25) is 5.91 Å². The maximum absolute atomic E-state index is 13.2. The van der Waals surface area contributed by atoms with Gasteiger partial charge in [0, 0.05) is 5.69 Å². The third-order valence-corrected chi connectivity index (χ3v) is 4.65. The second kappa shape index (κ2) is 7.19. The first-order valence-electron chi connectivity index (χ1n) is 8.62. The number of amides is 4. The van der Waals surface area contributed by atoms with Crippen LogP contribution in [0.15, 0.2) is 48.5 Å². The van der Waals surface area contributed by atoms with E-state index in [1.54, 1.807) is 25.1 Å². The first-order chi connectivity index (χ1) is 12.9. The number of hydrogen-bond acceptors (Lipinski definition) is 3. The molecule has 1 aliphatic heterocycles. The highest BCUT2D eigenvalue weighted by molar-refractivity contribution is 6.10. The molecule has 0 aromatic heterocycles. The fraction of sp³-hybridized carbons (Fsp3) is 0.250. The van der Waals surface area contributed by atoms with Crippen LogP contribution in [0.4, 0.5) is 14.9 Å². The Morgan fingerprint density at radius 1 is 1.19 bits per heavy atom. The Balaban J connectivity index is 1.78. The molecule has 6 nitrogen and oxygen atoms in total. The number of carbonyl (C=O) groups excluding carboxylic acids is 3. The monoisotopic (exact) mass is 369 g/mol. The Labute approximate surface area is 156 Å². The van der Waals surface area contributed by atoms with Gasteiger partial charge in [-0.15, -0.1) is 0 Å². The second-order valence-electron chi connectivity index (χ2n) is 6.50. The van der Waals surface area contributed by atoms with Crippen LogP contribution in [0.3, 0.4) is 0 Å². The molecule has 3 rings (SSSR count). The molecule has 1 aliphatic rings. The minimum Gasteiger partial charge on any atom is -0.325 e. The third-order valence-electron chi connectivity index (χ3n) is 4.65. The number of carbonyl (C=O) groups is 3. The van der Waals surface area contributed by atoms with Crippen LogP contribution in [0.25, 0.3) is 0 Å². The van der Waals surface area contributed by atoms with Gasteiger partial charge in [-0.3, -0.25) is 14.5 Å². The normalized spacial score (nSPS) is 19.1. The topological polar surface area (TPSA) is 78.5 Å². The average Bonchev–Trinajstić information content (AvgIpc) is 2.87. The van der Waals surface area contributed by atoms with Crippen LogP contribution in [-0.2, 0) is 15.1 Å². The minimum absolute atomic E-state index is 0.277. The van der Waals surface area contributed by atoms with Crippen molar-refractivity contribution >= 4 is 23.5 Å². The maximum Gasteiger partial charge on any atom is 0.325 e. The molecule has 0 radical (unpaired) electrons. The molecule has 4 amide bonds. The molecule has 0 bridgehead atoms. The lowest BCUT2D eigenvalue weighted by atomic mass is 9.87. The summed E-state index contributed by atoms with van der Waals surface area (Å²) in [4.78, 5) is 38.6. The Kier molecular flexibility index (Phi) is 4.94. The van der Waals surface area contributed by atoms with Gasteiger partial charge in [-0.05, 0) is 48.7 Å². The maximum atomic E-state index is 13.2. The van der Waals surface area contributed by atoms with E-state index < -0.39 is 35.7 Å². The van der Waals surface area contributed by atoms with Gasteiger partial charge in [-0.2, -0.15) is 0 Å². The summed E-state index contributed by atoms with van der Waals surface area (Å²) in [6, 6.07) is 12.0. The van der Waals surface area contributed by atoms with Crippen molar-refractivity contribution in [3.8, 4) is 0 Å². The SMILES string of the molecule is CCC1(c2ccc(F)cc2)NC(=O)N(CC(=O)Nc2cccc(C)c2)C1=O. The van der Waals surface area contributed by atoms with Crippen LogP contribution < -0.4 is 10.6 Å². The van der Waals surface area contributed by atoms with Crippen molar-refractivity contribution in [2.45, 2.75) is 25.8 Å². The van der Waals surface area contributed by atoms with Crippen LogP contribution >= 0.6 is 0 Å². The molecular formula is C20H20FN3O3. The van der Waals surface area contributed by atoms with E-state index in [2.05, 4.69) is 10.6 Å². The lowest BCUT2D eigenvalue weighted by Gasteiger charge is -2.25. The zero-order valence-corrected chi connectivity index (χ0v) is 15.1. The van der Waals surface area contributed by atoms with Crippen molar-refractivity contribution in [3.05, 3.63) is 65.5 Å². The van der Waals surface area contributed by atoms with Crippen LogP contribution in [-0.4, -0.2) is 29.3 Å². The molecule has 1 atom stereocenters. The summed E-state index contributed by atoms with van der Waals surface area (Å²) in [5.74, 6) is -1.44. The summed E-state index contributed by atoms with van der Waals surface area (Å²) in [5, 5.41) is 5.35. The van der Waals surface area contributed by atoms with Crippen molar-refractivity contribution in [3.63, 3.8) is 0 Å². The van der Waals surface area contributed by atoms with Crippen molar-refractivity contribution < 1.29 is 18.8 Å². The van der Waals surface area contributed by atoms with Gasteiger partial charge in [0.25, 0.3) is 5.91 Å². The van der Waals surface area contributed by atoms with Gasteiger partial charge in [-0.25, -0.2) is 9.18 Å². The number of nitrogens with one attached hydrogen (secondary N) is 2. The fourth-order valence-corrected chi connectivity index (χ4v) is 3.21. The van der Waals surface area contributed by atoms with E-state index in [0.29, 0.717) is 11.3 Å². The Morgan fingerprint density at radius 3 is 2.52 bits per heavy atom. The predicted molar refractivity (Wildman–Crippen MR) is 98.4 cm³/mol. The van der Waals surface area contributed by atoms with Crippen LogP contribution in [0, 0.1) is 12.7 Å². The van der Waals surface area contributed by atoms with E-state index in [4.69, 9.17) is 0 Å². The number of urea groups is 1. The second-order valence-corrected chi connectivity index (χ2v) is 6.50. The number of nitrogens with zero attached hydrogens (tertiary/aromatic N) is 1. The van der Waals surface area contributed by atoms with Gasteiger partial charge in [0.1, 0.15) is 17.9 Å². The summed E-state index contributed by atoms with van der Waals surface area (Å²) in [6.45, 7) is 3.24. The Bertz CT molecular complexity index is 898. The van der Waals surface area contributed by atoms with Gasteiger partial charge < -0.3 is 10.6 Å². The highest BCUT2D eigenvalue weighted by Crippen LogP contribution is 2.32. The number of halogens is 1. The number of anilines is 1. The summed E-state index contributed by atoms with van der Waals surface area (Å²) >= 11 is 0. The molecule has 140 valence electrons. The first-order valence-corrected chi connectivity index (χ1v) is 8.62. The fourth-order valence-electron chi connectivity index (χ4n) is 3.21. The molecule has 1 unspecified atom stereocenters. The standard InChI is InChI=1S/C20H20FN3O3/c1-3-20(14-7-9-15(21)10-8-14)18(26)24(19(27)23-20)12-17(25)22-16-6-4-5-13(2)11-16/h4-11H,3,12H2,1-2H3,(H,22,25)(H,23,27). The van der Waals surface area contributed by atoms with Gasteiger partial charge in [0.15, 0.2) is 0 Å². The first kappa shape index (κ1) is 18.6. The van der Waals surface area contributed by atoms with E-state index in [-0.39, 0.29) is 6.42 Å². The van der Waals surface area contributed by atoms with E-state index >= 15 is 0 Å². The Hall–Kier alpha value is -3.22. The number of benzene rings is 2. The van der Waals surface area contributed by atoms with E-state index in [1.807, 2.05) is 13.0 Å². The molecular weight excluding hydrogens is 349 g/mol. The summed E-state index contributed by atoms with van der Waals surface area (Å²) in [5.41, 5.74) is 0.747. The van der Waals surface area contributed by atoms with E-state index in [1.165, 1.54) is 24.3 Å². The van der Waals surface area contributed by atoms with E-state index in [0.717, 1.165) is 10.5 Å². The van der Waals surface area contributed by atoms with Crippen molar-refractivity contribution in [1.82, 2.24) is 10.2 Å². The quantitative estimate of drug-likeness (QED) is 0.796. The largest absolute Gasteiger partial charge is 0.325 e. The van der Waals surface area contributed by atoms with Crippen molar-refractivity contribution in [2.24, 2.45) is 0 Å². The van der Waals surface area contributed by atoms with Gasteiger partial charge >= 0.3 is 6.03 Å². The molecule has 1 saturated heterocycles. The predicted octanol–water partition coefficient (Wildman–Crippen LogP) is 2.93. The van der Waals surface area contributed by atoms with Crippen LogP contribution in [0.5, 0.6) is 0 Å². The summed E-state index contributed by atoms with van der Waals surface area (Å²) < 4.78 is 13.2. The lowest BCUT2D eigenvalue weighted by molar-refractivity contribution is -0.134. The van der Waals surface area contributed by atoms with E-state index in [9.17, 15) is 18.8 Å². The zero-order valence-electron chi connectivity index (χ0n) is 15.1. The number of imide groups is 1. The van der Waals surface area contributed by atoms with Crippen molar-refractivity contribution in [1.29, 1.82) is 0 Å². The molecule has 2 aromatic carbocycles. The molecule has 0 aliphatic carbocycles. The number of aryl methyl sites for hydroxylation is 1. The highest BCUT2D eigenvalue weighted by atomic mass is 19.1. The molecule has 7 heteroatoms. The minimum atomic E-state index is -1.30. The third kappa shape index (κ3) is 3.53. The average molecular weight is 369 g/mol. The van der Waals surface area contributed by atoms with Crippen molar-refractivity contribution in [2.75, 3.05) is 11.9 Å². The van der Waals surface area contributed by atoms with Gasteiger partial charge in [0.05, 0.1) is 0 Å². The number of hydrogen-bond donors (Lipinski definition) is 2. The molecule has 0 saturated carbocycles. The number of rotatable bonds is 5. The Morgan fingerprint density at radius 2 is 1.89 bits per heavy atom. The lowest BCUT2D eigenvalue weighted by Crippen LogP contribution is -2.44. The molecule has 2 aromatic rings. The molecule has 1 fully saturated rings. The highest BCUT2D eigenvalue weighted by Gasteiger charge is 2.51. The van der Waals surface area contributed by atoms with Gasteiger partial charge in [-0.1, -0.05) is 31.2 Å². The molecule has 2 N–H and O–H groups in total. The molecule has 0 spiro atoms. The van der Waals surface area contributed by atoms with Crippen LogP contribution in [0.2, 0.25) is 0 Å². The van der Waals surface area contributed by atoms with Crippen LogP contribution in [0.1, 0.15) is 24.5 Å². The molecule has 27 heavy (non-hydrogen) atoms. The smallest absolute Gasteiger partial charge is 0.325 e. The zero-order chi connectivity index (χ0) is 19.6. The summed E-state index contributed by atoms with van der Waals surface area (Å²) in [7, 11) is 0. The summed E-state index contributed by atoms with van der Waals surface area (Å²) in [6.07, 6.45) is 0.277. The molecule has 1 heterocycles.